The fourth-order valence-corrected chi connectivity index (χ4v) is 3.24. The minimum atomic E-state index is -0.754. The summed E-state index contributed by atoms with van der Waals surface area (Å²) in [5, 5.41) is 0. The third-order valence-corrected chi connectivity index (χ3v) is 4.29. The molecule has 2 aromatic heterocycles. The molecule has 0 fully saturated rings. The first-order chi connectivity index (χ1) is 13.5. The van der Waals surface area contributed by atoms with Gasteiger partial charge in [-0.05, 0) is 59.7 Å². The lowest BCUT2D eigenvalue weighted by Crippen LogP contribution is -2.00. The SMILES string of the molecule is Fc1cc(F)cc(C(=C(c2cc(F)cc(F)c2)c2ccc[nH]2)c2ccc[nH]2)c1. The first-order valence-electron chi connectivity index (χ1n) is 8.46. The van der Waals surface area contributed by atoms with E-state index in [2.05, 4.69) is 9.97 Å². The van der Waals surface area contributed by atoms with Crippen LogP contribution in [0, 0.1) is 23.3 Å². The van der Waals surface area contributed by atoms with Crippen molar-refractivity contribution in [2.75, 3.05) is 0 Å². The number of halogens is 4. The topological polar surface area (TPSA) is 31.6 Å². The third-order valence-electron chi connectivity index (χ3n) is 4.29. The first kappa shape index (κ1) is 17.9. The van der Waals surface area contributed by atoms with Gasteiger partial charge in [0.25, 0.3) is 0 Å². The molecule has 2 aromatic carbocycles. The maximum Gasteiger partial charge on any atom is 0.126 e. The van der Waals surface area contributed by atoms with E-state index in [0.29, 0.717) is 22.5 Å². The summed E-state index contributed by atoms with van der Waals surface area (Å²) in [6.45, 7) is 0. The van der Waals surface area contributed by atoms with Crippen LogP contribution >= 0.6 is 0 Å². The Morgan fingerprint density at radius 1 is 0.536 bits per heavy atom. The molecular formula is C22H14F4N2. The fourth-order valence-electron chi connectivity index (χ4n) is 3.24. The average Bonchev–Trinajstić information content (AvgIpc) is 3.31. The molecule has 0 atom stereocenters. The molecule has 0 amide bonds. The Hall–Kier alpha value is -3.54. The monoisotopic (exact) mass is 382 g/mol. The Morgan fingerprint density at radius 2 is 0.893 bits per heavy atom. The molecule has 0 saturated carbocycles. The van der Waals surface area contributed by atoms with Gasteiger partial charge in [-0.2, -0.15) is 0 Å². The summed E-state index contributed by atoms with van der Waals surface area (Å²) in [6.07, 6.45) is 3.31. The van der Waals surface area contributed by atoms with Gasteiger partial charge in [0.2, 0.25) is 0 Å². The second kappa shape index (κ2) is 7.23. The summed E-state index contributed by atoms with van der Waals surface area (Å²) >= 11 is 0. The van der Waals surface area contributed by atoms with Gasteiger partial charge in [-0.25, -0.2) is 17.6 Å². The van der Waals surface area contributed by atoms with Crippen molar-refractivity contribution in [2.24, 2.45) is 0 Å². The highest BCUT2D eigenvalue weighted by atomic mass is 19.1. The second-order valence-electron chi connectivity index (χ2n) is 6.23. The summed E-state index contributed by atoms with van der Waals surface area (Å²) in [5.74, 6) is -3.02. The highest BCUT2D eigenvalue weighted by Crippen LogP contribution is 2.36. The molecule has 0 saturated heterocycles. The Balaban J connectivity index is 2.12. The van der Waals surface area contributed by atoms with E-state index in [4.69, 9.17) is 0 Å². The normalized spacial score (nSPS) is 12.1. The molecule has 0 unspecified atom stereocenters. The van der Waals surface area contributed by atoms with Gasteiger partial charge >= 0.3 is 0 Å². The smallest absolute Gasteiger partial charge is 0.126 e. The van der Waals surface area contributed by atoms with Crippen LogP contribution in [0.3, 0.4) is 0 Å². The summed E-state index contributed by atoms with van der Waals surface area (Å²) in [6, 6.07) is 13.1. The predicted octanol–water partition coefficient (Wildman–Crippen LogP) is 5.91. The maximum absolute atomic E-state index is 14.0. The first-order valence-corrected chi connectivity index (χ1v) is 8.46. The molecule has 0 aliphatic rings. The van der Waals surface area contributed by atoms with Crippen LogP contribution in [0.15, 0.2) is 73.1 Å². The van der Waals surface area contributed by atoms with Crippen molar-refractivity contribution in [1.82, 2.24) is 9.97 Å². The lowest BCUT2D eigenvalue weighted by atomic mass is 9.90. The zero-order valence-corrected chi connectivity index (χ0v) is 14.4. The van der Waals surface area contributed by atoms with Crippen LogP contribution in [-0.2, 0) is 0 Å². The fraction of sp³-hybridized carbons (Fsp3) is 0. The van der Waals surface area contributed by atoms with Gasteiger partial charge in [0.1, 0.15) is 23.3 Å². The highest BCUT2D eigenvalue weighted by Gasteiger charge is 2.20. The van der Waals surface area contributed by atoms with Gasteiger partial charge in [0, 0.05) is 47.1 Å². The molecule has 0 spiro atoms. The third kappa shape index (κ3) is 3.49. The molecule has 2 heterocycles. The largest absolute Gasteiger partial charge is 0.361 e. The maximum atomic E-state index is 14.0. The molecule has 28 heavy (non-hydrogen) atoms. The van der Waals surface area contributed by atoms with Crippen LogP contribution in [0.2, 0.25) is 0 Å². The Kier molecular flexibility index (Phi) is 4.61. The average molecular weight is 382 g/mol. The number of aromatic nitrogens is 2. The summed E-state index contributed by atoms with van der Waals surface area (Å²) in [5.41, 5.74) is 2.34. The van der Waals surface area contributed by atoms with Crippen molar-refractivity contribution in [3.8, 4) is 0 Å². The van der Waals surface area contributed by atoms with Crippen LogP contribution < -0.4 is 0 Å². The lowest BCUT2D eigenvalue weighted by molar-refractivity contribution is 0.581. The number of rotatable bonds is 4. The Bertz CT molecular complexity index is 1010. The molecule has 0 bridgehead atoms. The van der Waals surface area contributed by atoms with Gasteiger partial charge in [0.05, 0.1) is 0 Å². The summed E-state index contributed by atoms with van der Waals surface area (Å²) in [7, 11) is 0. The van der Waals surface area contributed by atoms with Crippen molar-refractivity contribution >= 4 is 11.1 Å². The summed E-state index contributed by atoms with van der Waals surface area (Å²) < 4.78 is 55.9. The molecule has 0 aliphatic carbocycles. The molecule has 2 nitrogen and oxygen atoms in total. The van der Waals surface area contributed by atoms with Crippen molar-refractivity contribution in [1.29, 1.82) is 0 Å². The number of nitrogens with one attached hydrogen (secondary N) is 2. The highest BCUT2D eigenvalue weighted by molar-refractivity contribution is 6.03. The zero-order chi connectivity index (χ0) is 19.7. The van der Waals surface area contributed by atoms with Gasteiger partial charge in [-0.3, -0.25) is 0 Å². The second-order valence-corrected chi connectivity index (χ2v) is 6.23. The van der Waals surface area contributed by atoms with Crippen LogP contribution in [-0.4, -0.2) is 9.97 Å². The number of benzene rings is 2. The van der Waals surface area contributed by atoms with Crippen LogP contribution in [0.1, 0.15) is 22.5 Å². The van der Waals surface area contributed by atoms with E-state index in [1.165, 1.54) is 24.3 Å². The Morgan fingerprint density at radius 3 is 1.18 bits per heavy atom. The van der Waals surface area contributed by atoms with E-state index in [0.717, 1.165) is 12.1 Å². The van der Waals surface area contributed by atoms with Crippen molar-refractivity contribution in [2.45, 2.75) is 0 Å². The van der Waals surface area contributed by atoms with Gasteiger partial charge < -0.3 is 9.97 Å². The van der Waals surface area contributed by atoms with E-state index >= 15 is 0 Å². The molecular weight excluding hydrogens is 368 g/mol. The van der Waals surface area contributed by atoms with Crippen molar-refractivity contribution in [3.63, 3.8) is 0 Å². The molecule has 6 heteroatoms. The number of H-pyrrole nitrogens is 2. The standard InChI is InChI=1S/C22H14F4N2/c23-15-7-13(8-16(24)11-15)21(19-3-1-5-27-19)22(20-4-2-6-28-20)14-9-17(25)12-18(26)10-14/h1-12,27-28H. The molecule has 0 aliphatic heterocycles. The van der Waals surface area contributed by atoms with Gasteiger partial charge in [-0.1, -0.05) is 0 Å². The molecule has 2 N–H and O–H groups in total. The number of hydrogen-bond acceptors (Lipinski definition) is 0. The number of aromatic amines is 2. The minimum absolute atomic E-state index is 0.231. The minimum Gasteiger partial charge on any atom is -0.361 e. The lowest BCUT2D eigenvalue weighted by Gasteiger charge is -2.16. The summed E-state index contributed by atoms with van der Waals surface area (Å²) in [4.78, 5) is 6.02. The number of hydrogen-bond donors (Lipinski definition) is 2. The molecule has 0 radical (unpaired) electrons. The predicted molar refractivity (Wildman–Crippen MR) is 99.3 cm³/mol. The van der Waals surface area contributed by atoms with Crippen molar-refractivity contribution in [3.05, 3.63) is 119 Å². The van der Waals surface area contributed by atoms with E-state index in [9.17, 15) is 17.6 Å². The van der Waals surface area contributed by atoms with E-state index in [1.807, 2.05) is 0 Å². The van der Waals surface area contributed by atoms with Gasteiger partial charge in [-0.15, -0.1) is 0 Å². The quantitative estimate of drug-likeness (QED) is 0.325. The zero-order valence-electron chi connectivity index (χ0n) is 14.4. The molecule has 4 aromatic rings. The van der Waals surface area contributed by atoms with Crippen LogP contribution in [0.25, 0.3) is 11.1 Å². The molecule has 4 rings (SSSR count). The van der Waals surface area contributed by atoms with Crippen molar-refractivity contribution < 1.29 is 17.6 Å². The van der Waals surface area contributed by atoms with E-state index in [1.54, 1.807) is 36.7 Å². The van der Waals surface area contributed by atoms with E-state index < -0.39 is 23.3 Å². The Labute approximate surface area is 158 Å². The van der Waals surface area contributed by atoms with Crippen LogP contribution in [0.5, 0.6) is 0 Å². The van der Waals surface area contributed by atoms with E-state index in [-0.39, 0.29) is 11.1 Å². The van der Waals surface area contributed by atoms with Gasteiger partial charge in [0.15, 0.2) is 0 Å². The molecule has 140 valence electrons. The van der Waals surface area contributed by atoms with Crippen LogP contribution in [0.4, 0.5) is 17.6 Å².